The van der Waals surface area contributed by atoms with E-state index in [9.17, 15) is 4.79 Å². The van der Waals surface area contributed by atoms with Gasteiger partial charge in [0.15, 0.2) is 0 Å². The van der Waals surface area contributed by atoms with Gasteiger partial charge in [-0.25, -0.2) is 4.98 Å². The number of hydrogen-bond donors (Lipinski definition) is 1. The molecule has 0 bridgehead atoms. The van der Waals surface area contributed by atoms with Crippen molar-refractivity contribution in [2.24, 2.45) is 0 Å². The molecule has 1 aromatic heterocycles. The molecule has 26 heavy (non-hydrogen) atoms. The SMILES string of the molecule is CCNC(=O)c1csc(-c2ccc(OCc3ccc(Cl)cc3Cl)cc2)n1. The van der Waals surface area contributed by atoms with Crippen LogP contribution in [-0.2, 0) is 6.61 Å². The van der Waals surface area contributed by atoms with Crippen molar-refractivity contribution in [3.63, 3.8) is 0 Å². The average molecular weight is 407 g/mol. The van der Waals surface area contributed by atoms with Crippen molar-refractivity contribution < 1.29 is 9.53 Å². The molecule has 1 heterocycles. The Morgan fingerprint density at radius 3 is 2.65 bits per heavy atom. The highest BCUT2D eigenvalue weighted by atomic mass is 35.5. The van der Waals surface area contributed by atoms with Crippen LogP contribution >= 0.6 is 34.5 Å². The van der Waals surface area contributed by atoms with Gasteiger partial charge in [-0.3, -0.25) is 4.79 Å². The summed E-state index contributed by atoms with van der Waals surface area (Å²) in [6.07, 6.45) is 0. The Labute approximate surface area is 165 Å². The zero-order chi connectivity index (χ0) is 18.5. The number of nitrogens with zero attached hydrogens (tertiary/aromatic N) is 1. The third kappa shape index (κ3) is 4.55. The summed E-state index contributed by atoms with van der Waals surface area (Å²) in [5.41, 5.74) is 2.23. The Morgan fingerprint density at radius 1 is 1.19 bits per heavy atom. The fourth-order valence-corrected chi connectivity index (χ4v) is 3.52. The van der Waals surface area contributed by atoms with E-state index < -0.39 is 0 Å². The lowest BCUT2D eigenvalue weighted by molar-refractivity contribution is 0.0951. The van der Waals surface area contributed by atoms with Gasteiger partial charge >= 0.3 is 0 Å². The molecule has 2 aromatic carbocycles. The van der Waals surface area contributed by atoms with Crippen molar-refractivity contribution in [1.82, 2.24) is 10.3 Å². The molecule has 0 aliphatic heterocycles. The smallest absolute Gasteiger partial charge is 0.270 e. The lowest BCUT2D eigenvalue weighted by atomic mass is 10.2. The van der Waals surface area contributed by atoms with Crippen LogP contribution in [0.15, 0.2) is 47.8 Å². The maximum Gasteiger partial charge on any atom is 0.270 e. The summed E-state index contributed by atoms with van der Waals surface area (Å²) in [7, 11) is 0. The molecule has 0 spiro atoms. The minimum absolute atomic E-state index is 0.158. The molecule has 0 fully saturated rings. The van der Waals surface area contributed by atoms with Crippen LogP contribution in [0.5, 0.6) is 5.75 Å². The van der Waals surface area contributed by atoms with Gasteiger partial charge in [0.05, 0.1) is 0 Å². The Hall–Kier alpha value is -2.08. The molecular weight excluding hydrogens is 391 g/mol. The summed E-state index contributed by atoms with van der Waals surface area (Å²) in [6.45, 7) is 2.81. The van der Waals surface area contributed by atoms with Crippen LogP contribution in [0, 0.1) is 0 Å². The molecule has 1 N–H and O–H groups in total. The Kier molecular flexibility index (Phi) is 6.14. The van der Waals surface area contributed by atoms with Crippen molar-refractivity contribution in [2.75, 3.05) is 6.54 Å². The maximum absolute atomic E-state index is 11.8. The fourth-order valence-electron chi connectivity index (χ4n) is 2.26. The number of halogens is 2. The molecule has 0 saturated carbocycles. The van der Waals surface area contributed by atoms with Crippen LogP contribution in [0.1, 0.15) is 23.0 Å². The summed E-state index contributed by atoms with van der Waals surface area (Å²) in [4.78, 5) is 16.2. The molecule has 0 radical (unpaired) electrons. The van der Waals surface area contributed by atoms with E-state index in [-0.39, 0.29) is 5.91 Å². The van der Waals surface area contributed by atoms with Crippen LogP contribution in [0.25, 0.3) is 10.6 Å². The van der Waals surface area contributed by atoms with Gasteiger partial charge in [0, 0.05) is 33.1 Å². The number of aromatic nitrogens is 1. The molecule has 0 saturated heterocycles. The highest BCUT2D eigenvalue weighted by Gasteiger charge is 2.11. The number of rotatable bonds is 6. The van der Waals surface area contributed by atoms with Crippen molar-refractivity contribution in [1.29, 1.82) is 0 Å². The van der Waals surface area contributed by atoms with Crippen molar-refractivity contribution >= 4 is 40.4 Å². The zero-order valence-electron chi connectivity index (χ0n) is 14.0. The summed E-state index contributed by atoms with van der Waals surface area (Å²) in [5, 5.41) is 6.46. The number of carbonyl (C=O) groups excluding carboxylic acids is 1. The molecule has 3 aromatic rings. The number of benzene rings is 2. The lowest BCUT2D eigenvalue weighted by Gasteiger charge is -2.08. The number of thiazole rings is 1. The van der Waals surface area contributed by atoms with E-state index in [4.69, 9.17) is 27.9 Å². The minimum atomic E-state index is -0.158. The first-order valence-corrected chi connectivity index (χ1v) is 9.61. The van der Waals surface area contributed by atoms with Crippen molar-refractivity contribution in [2.45, 2.75) is 13.5 Å². The maximum atomic E-state index is 11.8. The van der Waals surface area contributed by atoms with E-state index in [1.165, 1.54) is 11.3 Å². The molecule has 0 aliphatic rings. The van der Waals surface area contributed by atoms with Gasteiger partial charge in [0.25, 0.3) is 5.91 Å². The Balaban J connectivity index is 1.66. The predicted octanol–water partition coefficient (Wildman–Crippen LogP) is 5.45. The Bertz CT molecular complexity index is 910. The molecule has 1 amide bonds. The van der Waals surface area contributed by atoms with E-state index in [2.05, 4.69) is 10.3 Å². The molecule has 0 atom stereocenters. The highest BCUT2D eigenvalue weighted by molar-refractivity contribution is 7.13. The zero-order valence-corrected chi connectivity index (χ0v) is 16.3. The Morgan fingerprint density at radius 2 is 1.96 bits per heavy atom. The van der Waals surface area contributed by atoms with Crippen LogP contribution in [0.2, 0.25) is 10.0 Å². The normalized spacial score (nSPS) is 10.6. The van der Waals surface area contributed by atoms with Gasteiger partial charge in [-0.15, -0.1) is 11.3 Å². The third-order valence-electron chi connectivity index (χ3n) is 3.58. The van der Waals surface area contributed by atoms with Gasteiger partial charge in [-0.2, -0.15) is 0 Å². The van der Waals surface area contributed by atoms with Gasteiger partial charge in [0.1, 0.15) is 23.1 Å². The van der Waals surface area contributed by atoms with Crippen LogP contribution in [-0.4, -0.2) is 17.4 Å². The average Bonchev–Trinajstić information content (AvgIpc) is 3.12. The second-order valence-electron chi connectivity index (χ2n) is 5.45. The summed E-state index contributed by atoms with van der Waals surface area (Å²) >= 11 is 13.5. The van der Waals surface area contributed by atoms with Crippen molar-refractivity contribution in [3.8, 4) is 16.3 Å². The van der Waals surface area contributed by atoms with Crippen LogP contribution in [0.4, 0.5) is 0 Å². The quantitative estimate of drug-likeness (QED) is 0.592. The topological polar surface area (TPSA) is 51.2 Å². The largest absolute Gasteiger partial charge is 0.489 e. The number of carbonyl (C=O) groups is 1. The van der Waals surface area contributed by atoms with Crippen LogP contribution < -0.4 is 10.1 Å². The van der Waals surface area contributed by atoms with Crippen LogP contribution in [0.3, 0.4) is 0 Å². The summed E-state index contributed by atoms with van der Waals surface area (Å²) in [6, 6.07) is 12.9. The minimum Gasteiger partial charge on any atom is -0.489 e. The van der Waals surface area contributed by atoms with Gasteiger partial charge in [-0.1, -0.05) is 29.3 Å². The van der Waals surface area contributed by atoms with Gasteiger partial charge in [-0.05, 0) is 43.3 Å². The molecule has 4 nitrogen and oxygen atoms in total. The standard InChI is InChI=1S/C19H16Cl2N2O2S/c1-2-22-18(24)17-11-26-19(23-17)12-4-7-15(8-5-12)25-10-13-3-6-14(20)9-16(13)21/h3-9,11H,2,10H2,1H3,(H,22,24). The molecule has 0 unspecified atom stereocenters. The number of amides is 1. The first-order chi connectivity index (χ1) is 12.6. The number of hydrogen-bond acceptors (Lipinski definition) is 4. The van der Waals surface area contributed by atoms with E-state index >= 15 is 0 Å². The molecule has 134 valence electrons. The molecular formula is C19H16Cl2N2O2S. The molecule has 7 heteroatoms. The van der Waals surface area contributed by atoms with Gasteiger partial charge < -0.3 is 10.1 Å². The number of nitrogens with one attached hydrogen (secondary N) is 1. The van der Waals surface area contributed by atoms with E-state index in [0.717, 1.165) is 21.9 Å². The first-order valence-electron chi connectivity index (χ1n) is 7.97. The number of ether oxygens (including phenoxy) is 1. The predicted molar refractivity (Wildman–Crippen MR) is 106 cm³/mol. The van der Waals surface area contributed by atoms with E-state index in [1.807, 2.05) is 37.3 Å². The third-order valence-corrected chi connectivity index (χ3v) is 5.06. The van der Waals surface area contributed by atoms with Gasteiger partial charge in [0.2, 0.25) is 0 Å². The van der Waals surface area contributed by atoms with Crippen molar-refractivity contribution in [3.05, 3.63) is 69.1 Å². The molecule has 3 rings (SSSR count). The monoisotopic (exact) mass is 406 g/mol. The summed E-state index contributed by atoms with van der Waals surface area (Å²) < 4.78 is 5.77. The second kappa shape index (κ2) is 8.54. The fraction of sp³-hybridized carbons (Fsp3) is 0.158. The van der Waals surface area contributed by atoms with E-state index in [1.54, 1.807) is 17.5 Å². The lowest BCUT2D eigenvalue weighted by Crippen LogP contribution is -2.22. The first kappa shape index (κ1) is 18.7. The van der Waals surface area contributed by atoms with E-state index in [0.29, 0.717) is 28.9 Å². The second-order valence-corrected chi connectivity index (χ2v) is 7.15. The highest BCUT2D eigenvalue weighted by Crippen LogP contribution is 2.27. The molecule has 0 aliphatic carbocycles. The summed E-state index contributed by atoms with van der Waals surface area (Å²) in [5.74, 6) is 0.565.